The molecule has 2 heterocycles. The third-order valence-electron chi connectivity index (χ3n) is 3.73. The zero-order valence-electron chi connectivity index (χ0n) is 13.5. The topological polar surface area (TPSA) is 54.5 Å². The van der Waals surface area contributed by atoms with E-state index in [2.05, 4.69) is 24.1 Å². The second-order valence-electron chi connectivity index (χ2n) is 5.46. The molecule has 1 unspecified atom stereocenters. The average molecular weight is 347 g/mol. The maximum Gasteiger partial charge on any atom is 0.251 e. The van der Waals surface area contributed by atoms with Gasteiger partial charge in [-0.05, 0) is 12.8 Å². The maximum absolute atomic E-state index is 12.6. The van der Waals surface area contributed by atoms with Crippen LogP contribution in [0, 0.1) is 0 Å². The molecular weight excluding hydrogens is 324 g/mol. The summed E-state index contributed by atoms with van der Waals surface area (Å²) in [5.41, 5.74) is 1.01. The second kappa shape index (κ2) is 8.65. The van der Waals surface area contributed by atoms with Gasteiger partial charge in [0.05, 0.1) is 25.5 Å². The van der Waals surface area contributed by atoms with Crippen molar-refractivity contribution in [2.75, 3.05) is 31.6 Å². The Morgan fingerprint density at radius 2 is 2.30 bits per heavy atom. The molecule has 0 radical (unpaired) electrons. The van der Waals surface area contributed by atoms with Crippen molar-refractivity contribution in [2.45, 2.75) is 45.6 Å². The van der Waals surface area contributed by atoms with E-state index in [9.17, 15) is 13.6 Å². The number of hydrogen-bond donors (Lipinski definition) is 1. The normalized spacial score (nSPS) is 19.3. The van der Waals surface area contributed by atoms with Crippen molar-refractivity contribution in [1.82, 2.24) is 9.88 Å². The third-order valence-corrected chi connectivity index (χ3v) is 4.89. The minimum Gasteiger partial charge on any atom is -0.378 e. The Bertz CT molecular complexity index is 525. The highest BCUT2D eigenvalue weighted by Crippen LogP contribution is 2.25. The van der Waals surface area contributed by atoms with Crippen LogP contribution >= 0.6 is 11.3 Å². The van der Waals surface area contributed by atoms with Crippen molar-refractivity contribution in [2.24, 2.45) is 0 Å². The number of ether oxygens (including phenoxy) is 1. The largest absolute Gasteiger partial charge is 0.378 e. The zero-order valence-corrected chi connectivity index (χ0v) is 14.3. The van der Waals surface area contributed by atoms with Gasteiger partial charge < -0.3 is 10.1 Å². The Hall–Kier alpha value is -1.12. The van der Waals surface area contributed by atoms with Gasteiger partial charge in [0.15, 0.2) is 5.13 Å². The molecule has 2 rings (SSSR count). The Labute approximate surface area is 139 Å². The van der Waals surface area contributed by atoms with Gasteiger partial charge in [-0.1, -0.05) is 20.3 Å². The lowest BCUT2D eigenvalue weighted by molar-refractivity contribution is -0.128. The number of alkyl halides is 2. The molecule has 1 amide bonds. The summed E-state index contributed by atoms with van der Waals surface area (Å²) in [5, 5.41) is 3.31. The summed E-state index contributed by atoms with van der Waals surface area (Å²) in [6, 6.07) is -0.693. The van der Waals surface area contributed by atoms with Crippen molar-refractivity contribution in [3.05, 3.63) is 10.6 Å². The van der Waals surface area contributed by atoms with E-state index in [0.29, 0.717) is 18.3 Å². The standard InChI is InChI=1S/C15H23F2N3O2S/c1-3-5-10-12(4-2)23-15(18-10)19-14(21)11-9-22-7-6-20(11)8-13(16)17/h11,13H,3-9H2,1-2H3,(H,18,19,21). The van der Waals surface area contributed by atoms with Gasteiger partial charge in [0, 0.05) is 11.4 Å². The first-order valence-corrected chi connectivity index (χ1v) is 8.76. The van der Waals surface area contributed by atoms with E-state index in [1.54, 1.807) is 0 Å². The summed E-state index contributed by atoms with van der Waals surface area (Å²) < 4.78 is 30.6. The number of amides is 1. The van der Waals surface area contributed by atoms with Crippen LogP contribution < -0.4 is 5.32 Å². The van der Waals surface area contributed by atoms with Crippen LogP contribution in [0.1, 0.15) is 30.8 Å². The van der Waals surface area contributed by atoms with Gasteiger partial charge in [-0.2, -0.15) is 0 Å². The molecule has 23 heavy (non-hydrogen) atoms. The van der Waals surface area contributed by atoms with Crippen LogP contribution in [0.5, 0.6) is 0 Å². The van der Waals surface area contributed by atoms with E-state index >= 15 is 0 Å². The summed E-state index contributed by atoms with van der Waals surface area (Å²) in [6.45, 7) is 4.55. The summed E-state index contributed by atoms with van der Waals surface area (Å²) in [4.78, 5) is 19.5. The number of nitrogens with one attached hydrogen (secondary N) is 1. The molecule has 0 saturated carbocycles. The number of aryl methyl sites for hydroxylation is 2. The van der Waals surface area contributed by atoms with Gasteiger partial charge in [-0.3, -0.25) is 9.69 Å². The molecule has 130 valence electrons. The maximum atomic E-state index is 12.6. The lowest BCUT2D eigenvalue weighted by Crippen LogP contribution is -2.53. The number of carbonyl (C=O) groups is 1. The molecular formula is C15H23F2N3O2S. The second-order valence-corrected chi connectivity index (χ2v) is 6.54. The molecule has 5 nitrogen and oxygen atoms in total. The molecule has 1 fully saturated rings. The van der Waals surface area contributed by atoms with E-state index in [-0.39, 0.29) is 12.5 Å². The number of carbonyl (C=O) groups excluding carboxylic acids is 1. The Balaban J connectivity index is 2.04. The van der Waals surface area contributed by atoms with E-state index in [0.717, 1.165) is 29.8 Å². The SMILES string of the molecule is CCCc1nc(NC(=O)C2COCCN2CC(F)F)sc1CC. The monoisotopic (exact) mass is 347 g/mol. The number of rotatable bonds is 7. The minimum atomic E-state index is -2.47. The Morgan fingerprint density at radius 1 is 1.52 bits per heavy atom. The molecule has 0 aromatic carbocycles. The summed E-state index contributed by atoms with van der Waals surface area (Å²) in [5.74, 6) is -0.329. The van der Waals surface area contributed by atoms with E-state index in [4.69, 9.17) is 4.74 Å². The highest BCUT2D eigenvalue weighted by molar-refractivity contribution is 7.15. The van der Waals surface area contributed by atoms with Gasteiger partial charge in [0.25, 0.3) is 6.43 Å². The smallest absolute Gasteiger partial charge is 0.251 e. The fourth-order valence-corrected chi connectivity index (χ4v) is 3.56. The summed E-state index contributed by atoms with van der Waals surface area (Å²) in [7, 11) is 0. The molecule has 0 bridgehead atoms. The van der Waals surface area contributed by atoms with Crippen LogP contribution in [0.4, 0.5) is 13.9 Å². The van der Waals surface area contributed by atoms with Crippen LogP contribution in [0.3, 0.4) is 0 Å². The van der Waals surface area contributed by atoms with Crippen molar-refractivity contribution < 1.29 is 18.3 Å². The number of morpholine rings is 1. The molecule has 1 aromatic heterocycles. The molecule has 0 spiro atoms. The van der Waals surface area contributed by atoms with Crippen LogP contribution in [0.25, 0.3) is 0 Å². The van der Waals surface area contributed by atoms with Crippen molar-refractivity contribution in [3.63, 3.8) is 0 Å². The number of thiazole rings is 1. The molecule has 1 atom stereocenters. The van der Waals surface area contributed by atoms with Crippen LogP contribution in [-0.4, -0.2) is 54.6 Å². The molecule has 1 N–H and O–H groups in total. The summed E-state index contributed by atoms with van der Waals surface area (Å²) >= 11 is 1.46. The van der Waals surface area contributed by atoms with E-state index in [1.165, 1.54) is 16.2 Å². The number of anilines is 1. The first-order valence-electron chi connectivity index (χ1n) is 7.94. The molecule has 0 aliphatic carbocycles. The number of hydrogen-bond acceptors (Lipinski definition) is 5. The fourth-order valence-electron chi connectivity index (χ4n) is 2.61. The molecule has 1 aromatic rings. The predicted octanol–water partition coefficient (Wildman–Crippen LogP) is 2.56. The Morgan fingerprint density at radius 3 is 2.96 bits per heavy atom. The predicted molar refractivity (Wildman–Crippen MR) is 86.3 cm³/mol. The van der Waals surface area contributed by atoms with E-state index < -0.39 is 19.0 Å². The highest BCUT2D eigenvalue weighted by Gasteiger charge is 2.31. The van der Waals surface area contributed by atoms with Crippen molar-refractivity contribution >= 4 is 22.4 Å². The Kier molecular flexibility index (Phi) is 6.86. The number of halogens is 2. The fraction of sp³-hybridized carbons (Fsp3) is 0.733. The summed E-state index contributed by atoms with van der Waals surface area (Å²) in [6.07, 6.45) is 0.265. The minimum absolute atomic E-state index is 0.131. The van der Waals surface area contributed by atoms with E-state index in [1.807, 2.05) is 0 Å². The first-order chi connectivity index (χ1) is 11.0. The molecule has 1 aliphatic heterocycles. The van der Waals surface area contributed by atoms with Gasteiger partial charge >= 0.3 is 0 Å². The first kappa shape index (κ1) is 18.2. The zero-order chi connectivity index (χ0) is 16.8. The molecule has 1 saturated heterocycles. The average Bonchev–Trinajstić information content (AvgIpc) is 2.89. The quantitative estimate of drug-likeness (QED) is 0.824. The van der Waals surface area contributed by atoms with Gasteiger partial charge in [-0.25, -0.2) is 13.8 Å². The number of aromatic nitrogens is 1. The molecule has 8 heteroatoms. The van der Waals surface area contributed by atoms with Crippen LogP contribution in [0.2, 0.25) is 0 Å². The third kappa shape index (κ3) is 4.92. The number of nitrogens with zero attached hydrogens (tertiary/aromatic N) is 2. The molecule has 1 aliphatic rings. The van der Waals surface area contributed by atoms with Gasteiger partial charge in [0.1, 0.15) is 6.04 Å². The van der Waals surface area contributed by atoms with Gasteiger partial charge in [-0.15, -0.1) is 11.3 Å². The van der Waals surface area contributed by atoms with Crippen molar-refractivity contribution in [1.29, 1.82) is 0 Å². The van der Waals surface area contributed by atoms with Crippen LogP contribution in [-0.2, 0) is 22.4 Å². The van der Waals surface area contributed by atoms with Crippen LogP contribution in [0.15, 0.2) is 0 Å². The van der Waals surface area contributed by atoms with Crippen molar-refractivity contribution in [3.8, 4) is 0 Å². The highest BCUT2D eigenvalue weighted by atomic mass is 32.1. The lowest BCUT2D eigenvalue weighted by Gasteiger charge is -2.33. The van der Waals surface area contributed by atoms with Gasteiger partial charge in [0.2, 0.25) is 5.91 Å². The lowest BCUT2D eigenvalue weighted by atomic mass is 10.2.